The molecule has 0 fully saturated rings. The largest absolute Gasteiger partial charge is 0.419 e. The van der Waals surface area contributed by atoms with Crippen LogP contribution >= 0.6 is 0 Å². The van der Waals surface area contributed by atoms with Crippen LogP contribution in [0.2, 0.25) is 0 Å². The van der Waals surface area contributed by atoms with Crippen molar-refractivity contribution in [2.45, 2.75) is 25.1 Å². The number of aliphatic hydroxyl groups is 1. The van der Waals surface area contributed by atoms with Crippen molar-refractivity contribution >= 4 is 0 Å². The van der Waals surface area contributed by atoms with E-state index < -0.39 is 23.6 Å². The Morgan fingerprint density at radius 3 is 2.47 bits per heavy atom. The molecule has 0 amide bonds. The van der Waals surface area contributed by atoms with Gasteiger partial charge in [-0.25, -0.2) is 4.39 Å². The first kappa shape index (κ1) is 13.9. The number of benzene rings is 1. The Labute approximate surface area is 96.1 Å². The molecule has 0 saturated heterocycles. The van der Waals surface area contributed by atoms with E-state index in [1.165, 1.54) is 6.07 Å². The molecule has 0 spiro atoms. The first-order valence-electron chi connectivity index (χ1n) is 5.09. The number of alkyl halides is 3. The second-order valence-corrected chi connectivity index (χ2v) is 3.71. The maximum absolute atomic E-state index is 13.0. The fourth-order valence-corrected chi connectivity index (χ4v) is 1.47. The zero-order chi connectivity index (χ0) is 13.1. The van der Waals surface area contributed by atoms with Crippen molar-refractivity contribution in [2.24, 2.45) is 5.73 Å². The highest BCUT2D eigenvalue weighted by atomic mass is 19.4. The molecular formula is C11H13F4NO. The van der Waals surface area contributed by atoms with Gasteiger partial charge in [-0.2, -0.15) is 13.2 Å². The minimum atomic E-state index is -4.73. The molecular weight excluding hydrogens is 238 g/mol. The normalized spacial score (nSPS) is 13.8. The standard InChI is InChI=1S/C11H13F4NO/c12-9-4-3-7(10(16)2-1-5-17)6-8(9)11(13,14)15/h3-4,6,10,17H,1-2,5,16H2/t10-/m1/s1. The summed E-state index contributed by atoms with van der Waals surface area (Å²) in [6, 6.07) is 2.07. The van der Waals surface area contributed by atoms with E-state index in [0.29, 0.717) is 12.8 Å². The van der Waals surface area contributed by atoms with Gasteiger partial charge in [0, 0.05) is 12.6 Å². The SMILES string of the molecule is N[C@H](CCCO)c1ccc(F)c(C(F)(F)F)c1. The Morgan fingerprint density at radius 1 is 1.29 bits per heavy atom. The van der Waals surface area contributed by atoms with E-state index in [0.717, 1.165) is 12.1 Å². The van der Waals surface area contributed by atoms with E-state index in [9.17, 15) is 17.6 Å². The molecule has 1 atom stereocenters. The van der Waals surface area contributed by atoms with E-state index in [4.69, 9.17) is 10.8 Å². The summed E-state index contributed by atoms with van der Waals surface area (Å²) in [7, 11) is 0. The van der Waals surface area contributed by atoms with Crippen LogP contribution in [0.5, 0.6) is 0 Å². The topological polar surface area (TPSA) is 46.2 Å². The van der Waals surface area contributed by atoms with Gasteiger partial charge in [-0.05, 0) is 30.5 Å². The highest BCUT2D eigenvalue weighted by Gasteiger charge is 2.34. The van der Waals surface area contributed by atoms with Gasteiger partial charge < -0.3 is 10.8 Å². The molecule has 0 bridgehead atoms. The van der Waals surface area contributed by atoms with E-state index in [1.807, 2.05) is 0 Å². The molecule has 17 heavy (non-hydrogen) atoms. The molecule has 0 aliphatic rings. The Morgan fingerprint density at radius 2 is 1.94 bits per heavy atom. The van der Waals surface area contributed by atoms with Crippen molar-refractivity contribution in [1.82, 2.24) is 0 Å². The van der Waals surface area contributed by atoms with Gasteiger partial charge in [0.05, 0.1) is 5.56 Å². The van der Waals surface area contributed by atoms with Crippen molar-refractivity contribution < 1.29 is 22.7 Å². The fraction of sp³-hybridized carbons (Fsp3) is 0.455. The van der Waals surface area contributed by atoms with Gasteiger partial charge >= 0.3 is 6.18 Å². The summed E-state index contributed by atoms with van der Waals surface area (Å²) in [5.74, 6) is -1.31. The van der Waals surface area contributed by atoms with Gasteiger partial charge in [0.25, 0.3) is 0 Å². The summed E-state index contributed by atoms with van der Waals surface area (Å²) in [5, 5.41) is 8.59. The molecule has 0 heterocycles. The number of nitrogens with two attached hydrogens (primary N) is 1. The van der Waals surface area contributed by atoms with Crippen LogP contribution in [0.25, 0.3) is 0 Å². The summed E-state index contributed by atoms with van der Waals surface area (Å²) in [4.78, 5) is 0. The van der Waals surface area contributed by atoms with Gasteiger partial charge in [0.1, 0.15) is 5.82 Å². The van der Waals surface area contributed by atoms with Crippen LogP contribution in [0.4, 0.5) is 17.6 Å². The third-order valence-corrected chi connectivity index (χ3v) is 2.40. The molecule has 96 valence electrons. The summed E-state index contributed by atoms with van der Waals surface area (Å²) in [6.07, 6.45) is -3.99. The minimum Gasteiger partial charge on any atom is -0.396 e. The van der Waals surface area contributed by atoms with Crippen molar-refractivity contribution in [3.05, 3.63) is 35.1 Å². The van der Waals surface area contributed by atoms with E-state index in [-0.39, 0.29) is 12.2 Å². The van der Waals surface area contributed by atoms with Crippen LogP contribution < -0.4 is 5.73 Å². The molecule has 0 radical (unpaired) electrons. The fourth-order valence-electron chi connectivity index (χ4n) is 1.47. The van der Waals surface area contributed by atoms with Crippen LogP contribution in [-0.4, -0.2) is 11.7 Å². The molecule has 0 saturated carbocycles. The molecule has 0 aromatic heterocycles. The van der Waals surface area contributed by atoms with Crippen LogP contribution in [-0.2, 0) is 6.18 Å². The molecule has 1 rings (SSSR count). The van der Waals surface area contributed by atoms with Crippen molar-refractivity contribution in [3.8, 4) is 0 Å². The summed E-state index contributed by atoms with van der Waals surface area (Å²) < 4.78 is 50.3. The summed E-state index contributed by atoms with van der Waals surface area (Å²) >= 11 is 0. The number of halogens is 4. The average Bonchev–Trinajstić information content (AvgIpc) is 2.25. The highest BCUT2D eigenvalue weighted by Crippen LogP contribution is 2.33. The molecule has 1 aromatic rings. The maximum atomic E-state index is 13.0. The molecule has 1 aromatic carbocycles. The van der Waals surface area contributed by atoms with E-state index in [1.54, 1.807) is 0 Å². The lowest BCUT2D eigenvalue weighted by Gasteiger charge is -2.14. The summed E-state index contributed by atoms with van der Waals surface area (Å²) in [5.41, 5.74) is 4.55. The van der Waals surface area contributed by atoms with Crippen LogP contribution in [0.15, 0.2) is 18.2 Å². The van der Waals surface area contributed by atoms with Crippen LogP contribution in [0, 0.1) is 5.82 Å². The Hall–Kier alpha value is -1.14. The van der Waals surface area contributed by atoms with Crippen molar-refractivity contribution in [1.29, 1.82) is 0 Å². The van der Waals surface area contributed by atoms with Gasteiger partial charge in [-0.3, -0.25) is 0 Å². The lowest BCUT2D eigenvalue weighted by atomic mass is 10.0. The molecule has 3 N–H and O–H groups in total. The van der Waals surface area contributed by atoms with E-state index >= 15 is 0 Å². The third kappa shape index (κ3) is 3.67. The Kier molecular flexibility index (Phi) is 4.47. The van der Waals surface area contributed by atoms with Gasteiger partial charge in [0.2, 0.25) is 0 Å². The van der Waals surface area contributed by atoms with Gasteiger partial charge in [-0.1, -0.05) is 6.07 Å². The first-order chi connectivity index (χ1) is 7.86. The molecule has 0 unspecified atom stereocenters. The van der Waals surface area contributed by atoms with Gasteiger partial charge in [-0.15, -0.1) is 0 Å². The average molecular weight is 251 g/mol. The monoisotopic (exact) mass is 251 g/mol. The Balaban J connectivity index is 2.96. The zero-order valence-electron chi connectivity index (χ0n) is 8.97. The predicted octanol–water partition coefficient (Wildman–Crippen LogP) is 2.62. The van der Waals surface area contributed by atoms with Crippen molar-refractivity contribution in [2.75, 3.05) is 6.61 Å². The first-order valence-corrected chi connectivity index (χ1v) is 5.09. The number of rotatable bonds is 4. The number of hydrogen-bond acceptors (Lipinski definition) is 2. The Bertz CT molecular complexity index is 378. The maximum Gasteiger partial charge on any atom is 0.419 e. The zero-order valence-corrected chi connectivity index (χ0v) is 8.97. The molecule has 2 nitrogen and oxygen atoms in total. The highest BCUT2D eigenvalue weighted by molar-refractivity contribution is 5.29. The van der Waals surface area contributed by atoms with Crippen LogP contribution in [0.1, 0.15) is 30.0 Å². The number of aliphatic hydroxyl groups excluding tert-OH is 1. The smallest absolute Gasteiger partial charge is 0.396 e. The summed E-state index contributed by atoms with van der Waals surface area (Å²) in [6.45, 7) is -0.0823. The predicted molar refractivity (Wildman–Crippen MR) is 54.7 cm³/mol. The quantitative estimate of drug-likeness (QED) is 0.808. The second kappa shape index (κ2) is 5.46. The molecule has 0 aliphatic heterocycles. The van der Waals surface area contributed by atoms with Crippen molar-refractivity contribution in [3.63, 3.8) is 0 Å². The van der Waals surface area contributed by atoms with Crippen LogP contribution in [0.3, 0.4) is 0 Å². The number of hydrogen-bond donors (Lipinski definition) is 2. The molecule has 0 aliphatic carbocycles. The molecule has 6 heteroatoms. The lowest BCUT2D eigenvalue weighted by Crippen LogP contribution is -2.14. The van der Waals surface area contributed by atoms with Gasteiger partial charge in [0.15, 0.2) is 0 Å². The van der Waals surface area contributed by atoms with E-state index in [2.05, 4.69) is 0 Å². The lowest BCUT2D eigenvalue weighted by molar-refractivity contribution is -0.140. The third-order valence-electron chi connectivity index (χ3n) is 2.40. The second-order valence-electron chi connectivity index (χ2n) is 3.71. The minimum absolute atomic E-state index is 0.0823.